The Hall–Kier alpha value is -3.23. The molecule has 9 heteroatoms. The Labute approximate surface area is 192 Å². The number of carbonyl (C=O) groups excluding carboxylic acids is 1. The molecule has 3 rings (SSSR count). The first-order chi connectivity index (χ1) is 15.3. The fraction of sp³-hybridized carbons (Fsp3) is 0.174. The minimum atomic E-state index is -3.80. The summed E-state index contributed by atoms with van der Waals surface area (Å²) in [5.74, 6) is 0.558. The van der Waals surface area contributed by atoms with Gasteiger partial charge in [0.05, 0.1) is 22.9 Å². The number of carbonyl (C=O) groups is 1. The van der Waals surface area contributed by atoms with Crippen molar-refractivity contribution in [3.63, 3.8) is 0 Å². The number of amides is 1. The molecule has 7 nitrogen and oxygen atoms in total. The van der Waals surface area contributed by atoms with E-state index in [4.69, 9.17) is 21.1 Å². The van der Waals surface area contributed by atoms with Crippen LogP contribution in [-0.4, -0.2) is 27.5 Å². The minimum Gasteiger partial charge on any atom is -0.492 e. The van der Waals surface area contributed by atoms with Gasteiger partial charge in [-0.25, -0.2) is 8.42 Å². The standard InChI is InChI=1S/C23H23ClN2O5S/c1-3-30-22-7-5-4-6-21(22)25-23(27)15-31-18-10-12-19(13-11-18)32(28,29)26-17-9-8-16(2)20(24)14-17/h4-14,26H,3,15H2,1-2H3,(H,25,27). The number of ether oxygens (including phenoxy) is 2. The molecule has 0 fully saturated rings. The zero-order chi connectivity index (χ0) is 23.1. The maximum absolute atomic E-state index is 12.6. The highest BCUT2D eigenvalue weighted by molar-refractivity contribution is 7.92. The summed E-state index contributed by atoms with van der Waals surface area (Å²) in [5.41, 5.74) is 1.76. The van der Waals surface area contributed by atoms with Crippen LogP contribution in [0.15, 0.2) is 71.6 Å². The molecule has 1 amide bonds. The SMILES string of the molecule is CCOc1ccccc1NC(=O)COc1ccc(S(=O)(=O)Nc2ccc(C)c(Cl)c2)cc1. The number of hydrogen-bond donors (Lipinski definition) is 2. The van der Waals surface area contributed by atoms with Gasteiger partial charge in [-0.1, -0.05) is 29.8 Å². The fourth-order valence-corrected chi connectivity index (χ4v) is 4.00. The van der Waals surface area contributed by atoms with E-state index in [1.165, 1.54) is 24.3 Å². The van der Waals surface area contributed by atoms with E-state index in [2.05, 4.69) is 10.0 Å². The number of aryl methyl sites for hydroxylation is 1. The minimum absolute atomic E-state index is 0.0524. The average molecular weight is 475 g/mol. The van der Waals surface area contributed by atoms with Crippen LogP contribution in [-0.2, 0) is 14.8 Å². The van der Waals surface area contributed by atoms with E-state index in [0.29, 0.717) is 34.5 Å². The van der Waals surface area contributed by atoms with Crippen molar-refractivity contribution in [1.29, 1.82) is 0 Å². The lowest BCUT2D eigenvalue weighted by Crippen LogP contribution is -2.20. The summed E-state index contributed by atoms with van der Waals surface area (Å²) in [6.07, 6.45) is 0. The second-order valence-corrected chi connectivity index (χ2v) is 8.90. The molecule has 0 aromatic heterocycles. The van der Waals surface area contributed by atoms with Crippen molar-refractivity contribution in [2.24, 2.45) is 0 Å². The van der Waals surface area contributed by atoms with Crippen LogP contribution in [0, 0.1) is 6.92 Å². The highest BCUT2D eigenvalue weighted by Crippen LogP contribution is 2.25. The number of rotatable bonds is 9. The Bertz CT molecular complexity index is 1200. The van der Waals surface area contributed by atoms with Crippen LogP contribution in [0.25, 0.3) is 0 Å². The normalized spacial score (nSPS) is 11.0. The highest BCUT2D eigenvalue weighted by atomic mass is 35.5. The van der Waals surface area contributed by atoms with E-state index < -0.39 is 10.0 Å². The van der Waals surface area contributed by atoms with Gasteiger partial charge in [-0.05, 0) is 67.9 Å². The molecule has 0 heterocycles. The molecule has 0 aliphatic heterocycles. The largest absolute Gasteiger partial charge is 0.492 e. The number of sulfonamides is 1. The Kier molecular flexibility index (Phi) is 7.61. The first-order valence-corrected chi connectivity index (χ1v) is 11.7. The quantitative estimate of drug-likeness (QED) is 0.461. The summed E-state index contributed by atoms with van der Waals surface area (Å²) >= 11 is 6.05. The lowest BCUT2D eigenvalue weighted by Gasteiger charge is -2.12. The molecule has 3 aromatic rings. The van der Waals surface area contributed by atoms with Gasteiger partial charge in [-0.2, -0.15) is 0 Å². The lowest BCUT2D eigenvalue weighted by molar-refractivity contribution is -0.118. The molecule has 0 radical (unpaired) electrons. The van der Waals surface area contributed by atoms with Gasteiger partial charge in [0.1, 0.15) is 11.5 Å². The third-order valence-electron chi connectivity index (χ3n) is 4.39. The molecule has 0 spiro atoms. The predicted octanol–water partition coefficient (Wildman–Crippen LogP) is 4.87. The second-order valence-electron chi connectivity index (χ2n) is 6.81. The molecular weight excluding hydrogens is 452 g/mol. The van der Waals surface area contributed by atoms with Crippen molar-refractivity contribution in [3.8, 4) is 11.5 Å². The zero-order valence-electron chi connectivity index (χ0n) is 17.6. The predicted molar refractivity (Wildman–Crippen MR) is 125 cm³/mol. The van der Waals surface area contributed by atoms with Crippen molar-refractivity contribution >= 4 is 38.9 Å². The molecule has 0 aliphatic rings. The smallest absolute Gasteiger partial charge is 0.262 e. The zero-order valence-corrected chi connectivity index (χ0v) is 19.2. The summed E-state index contributed by atoms with van der Waals surface area (Å²) in [7, 11) is -3.80. The van der Waals surface area contributed by atoms with E-state index in [1.807, 2.05) is 19.9 Å². The molecule has 0 bridgehead atoms. The number of hydrogen-bond acceptors (Lipinski definition) is 5. The molecule has 0 aliphatic carbocycles. The number of para-hydroxylation sites is 2. The topological polar surface area (TPSA) is 93.7 Å². The van der Waals surface area contributed by atoms with Crippen LogP contribution < -0.4 is 19.5 Å². The molecule has 32 heavy (non-hydrogen) atoms. The van der Waals surface area contributed by atoms with Gasteiger partial charge in [0.25, 0.3) is 15.9 Å². The first kappa shape index (κ1) is 23.4. The van der Waals surface area contributed by atoms with Crippen LogP contribution in [0.1, 0.15) is 12.5 Å². The Morgan fingerprint density at radius 2 is 1.72 bits per heavy atom. The average Bonchev–Trinajstić information content (AvgIpc) is 2.76. The van der Waals surface area contributed by atoms with Gasteiger partial charge in [0.2, 0.25) is 0 Å². The maximum Gasteiger partial charge on any atom is 0.262 e. The molecule has 2 N–H and O–H groups in total. The van der Waals surface area contributed by atoms with Gasteiger partial charge in [-0.3, -0.25) is 9.52 Å². The fourth-order valence-electron chi connectivity index (χ4n) is 2.77. The van der Waals surface area contributed by atoms with Gasteiger partial charge in [0.15, 0.2) is 6.61 Å². The van der Waals surface area contributed by atoms with Gasteiger partial charge >= 0.3 is 0 Å². The third-order valence-corrected chi connectivity index (χ3v) is 6.19. The van der Waals surface area contributed by atoms with Crippen LogP contribution in [0.2, 0.25) is 5.02 Å². The molecule has 168 valence electrons. The van der Waals surface area contributed by atoms with Crippen LogP contribution in [0.5, 0.6) is 11.5 Å². The van der Waals surface area contributed by atoms with Crippen molar-refractivity contribution in [2.75, 3.05) is 23.3 Å². The Morgan fingerprint density at radius 3 is 2.41 bits per heavy atom. The molecule has 0 atom stereocenters. The number of benzene rings is 3. The molecule has 0 saturated heterocycles. The highest BCUT2D eigenvalue weighted by Gasteiger charge is 2.15. The summed E-state index contributed by atoms with van der Waals surface area (Å²) in [6, 6.07) is 17.8. The van der Waals surface area contributed by atoms with Crippen molar-refractivity contribution < 1.29 is 22.7 Å². The Balaban J connectivity index is 1.59. The maximum atomic E-state index is 12.6. The number of nitrogens with one attached hydrogen (secondary N) is 2. The van der Waals surface area contributed by atoms with Crippen LogP contribution in [0.4, 0.5) is 11.4 Å². The van der Waals surface area contributed by atoms with E-state index >= 15 is 0 Å². The van der Waals surface area contributed by atoms with E-state index in [1.54, 1.807) is 36.4 Å². The van der Waals surface area contributed by atoms with E-state index in [-0.39, 0.29) is 17.4 Å². The van der Waals surface area contributed by atoms with Crippen molar-refractivity contribution in [2.45, 2.75) is 18.7 Å². The number of halogens is 1. The molecule has 0 unspecified atom stereocenters. The van der Waals surface area contributed by atoms with Crippen molar-refractivity contribution in [1.82, 2.24) is 0 Å². The molecular formula is C23H23ClN2O5S. The molecule has 0 saturated carbocycles. The Morgan fingerprint density at radius 1 is 1.00 bits per heavy atom. The van der Waals surface area contributed by atoms with E-state index in [0.717, 1.165) is 5.56 Å². The summed E-state index contributed by atoms with van der Waals surface area (Å²) < 4.78 is 38.6. The monoisotopic (exact) mass is 474 g/mol. The van der Waals surface area contributed by atoms with Crippen molar-refractivity contribution in [3.05, 3.63) is 77.3 Å². The summed E-state index contributed by atoms with van der Waals surface area (Å²) in [4.78, 5) is 12.3. The van der Waals surface area contributed by atoms with Gasteiger partial charge in [-0.15, -0.1) is 0 Å². The lowest BCUT2D eigenvalue weighted by atomic mass is 10.2. The molecule has 3 aromatic carbocycles. The third kappa shape index (κ3) is 6.15. The first-order valence-electron chi connectivity index (χ1n) is 9.82. The van der Waals surface area contributed by atoms with Gasteiger partial charge in [0, 0.05) is 5.02 Å². The summed E-state index contributed by atoms with van der Waals surface area (Å²) in [6.45, 7) is 3.92. The number of anilines is 2. The van der Waals surface area contributed by atoms with Gasteiger partial charge < -0.3 is 14.8 Å². The summed E-state index contributed by atoms with van der Waals surface area (Å²) in [5, 5.41) is 3.20. The van der Waals surface area contributed by atoms with Crippen LogP contribution in [0.3, 0.4) is 0 Å². The van der Waals surface area contributed by atoms with Crippen LogP contribution >= 0.6 is 11.6 Å². The second kappa shape index (κ2) is 10.4. The van der Waals surface area contributed by atoms with E-state index in [9.17, 15) is 13.2 Å².